The van der Waals surface area contributed by atoms with E-state index in [1.165, 1.54) is 308 Å². The predicted octanol–water partition coefficient (Wildman–Crippen LogP) is 33.5. The number of hydrogen-bond donors (Lipinski definition) is 1. The van der Waals surface area contributed by atoms with Crippen LogP contribution in [0, 0.1) is 23.7 Å². The van der Waals surface area contributed by atoms with Crippen molar-refractivity contribution >= 4 is 18.1 Å². The Kier molecular flexibility index (Phi) is 61.8. The summed E-state index contributed by atoms with van der Waals surface area (Å²) in [4.78, 5) is 11.5. The third-order valence-corrected chi connectivity index (χ3v) is 23.5. The standard InChI is InChI=1S/C113H168O10/c1-5-9-13-17-21-25-31-43-51-59-89-120-109-83-75-101(95-111(109)122-91-61-53-45-33-27-23-19-15-11-7-3)66-63-99-71-79-105(80-72-99)116-85-55-47-39-35-29-37-41-49-57-87-118-107-93-103(68-65-98-69-77-104(78-70-98)113(114)115)94-108(97-107)119-88-58-50-42-38-30-36-40-48-56-86-117-106-81-73-100(74-82-106)64-67-102-76-84-110(121-90-60-52-44-32-26-22-18-14-10-6-2)112(96-102)123-92-62-54-46-34-28-24-20-16-12-8-4/h65,68-84,93-97H,5-62,85-92H2,1-4H3,(H,114,115)/b68-65+. The van der Waals surface area contributed by atoms with E-state index in [1.54, 1.807) is 12.1 Å². The van der Waals surface area contributed by atoms with Crippen LogP contribution in [0.3, 0.4) is 0 Å². The highest BCUT2D eigenvalue weighted by molar-refractivity contribution is 5.88. The average Bonchev–Trinajstić information content (AvgIpc) is 0.865. The predicted molar refractivity (Wildman–Crippen MR) is 521 cm³/mol. The van der Waals surface area contributed by atoms with E-state index < -0.39 is 5.97 Å². The van der Waals surface area contributed by atoms with Crippen LogP contribution in [0.1, 0.15) is 444 Å². The van der Waals surface area contributed by atoms with Gasteiger partial charge >= 0.3 is 5.97 Å². The summed E-state index contributed by atoms with van der Waals surface area (Å²) < 4.78 is 50.6. The van der Waals surface area contributed by atoms with Crippen molar-refractivity contribution in [3.63, 3.8) is 0 Å². The Hall–Kier alpha value is -7.95. The number of carboxylic acids is 1. The fourth-order valence-corrected chi connectivity index (χ4v) is 15.7. The Morgan fingerprint density at radius 1 is 0.220 bits per heavy atom. The summed E-state index contributed by atoms with van der Waals surface area (Å²) >= 11 is 0. The summed E-state index contributed by atoms with van der Waals surface area (Å²) in [5.74, 6) is 19.3. The molecule has 0 bridgehead atoms. The highest BCUT2D eigenvalue weighted by atomic mass is 16.5. The minimum atomic E-state index is -0.929. The quantitative estimate of drug-likeness (QED) is 0.0225. The summed E-state index contributed by atoms with van der Waals surface area (Å²) in [5.41, 5.74) is 5.96. The van der Waals surface area contributed by atoms with E-state index in [-0.39, 0.29) is 5.56 Å². The maximum Gasteiger partial charge on any atom is 0.335 e. The van der Waals surface area contributed by atoms with Gasteiger partial charge in [-0.1, -0.05) is 397 Å². The largest absolute Gasteiger partial charge is 0.494 e. The van der Waals surface area contributed by atoms with Gasteiger partial charge in [0.1, 0.15) is 23.0 Å². The third-order valence-electron chi connectivity index (χ3n) is 23.5. The van der Waals surface area contributed by atoms with Crippen LogP contribution >= 0.6 is 0 Å². The number of carbonyl (C=O) groups is 1. The molecule has 0 spiro atoms. The second kappa shape index (κ2) is 73.3. The molecule has 0 fully saturated rings. The van der Waals surface area contributed by atoms with Gasteiger partial charge in [-0.3, -0.25) is 0 Å². The minimum Gasteiger partial charge on any atom is -0.494 e. The maximum absolute atomic E-state index is 11.5. The Bertz CT molecular complexity index is 3500. The van der Waals surface area contributed by atoms with Crippen molar-refractivity contribution in [1.29, 1.82) is 0 Å². The molecule has 0 unspecified atom stereocenters. The highest BCUT2D eigenvalue weighted by Gasteiger charge is 2.12. The van der Waals surface area contributed by atoms with Crippen LogP contribution in [0.5, 0.6) is 46.0 Å². The smallest absolute Gasteiger partial charge is 0.335 e. The molecular formula is C113H168O10. The zero-order valence-corrected chi connectivity index (χ0v) is 78.1. The second-order valence-corrected chi connectivity index (χ2v) is 34.7. The molecule has 680 valence electrons. The number of hydrogen-bond acceptors (Lipinski definition) is 9. The highest BCUT2D eigenvalue weighted by Crippen LogP contribution is 2.33. The minimum absolute atomic E-state index is 0.274. The van der Waals surface area contributed by atoms with Gasteiger partial charge in [0, 0.05) is 28.3 Å². The first-order valence-corrected chi connectivity index (χ1v) is 50.5. The van der Waals surface area contributed by atoms with Crippen LogP contribution in [0.2, 0.25) is 0 Å². The lowest BCUT2D eigenvalue weighted by molar-refractivity contribution is 0.0696. The van der Waals surface area contributed by atoms with Crippen molar-refractivity contribution in [2.45, 2.75) is 400 Å². The summed E-state index contributed by atoms with van der Waals surface area (Å²) in [6.07, 6.45) is 77.3. The summed E-state index contributed by atoms with van der Waals surface area (Å²) in [7, 11) is 0. The molecule has 0 aliphatic rings. The molecule has 6 aromatic carbocycles. The van der Waals surface area contributed by atoms with Gasteiger partial charge in [-0.05, 0) is 172 Å². The van der Waals surface area contributed by atoms with E-state index in [4.69, 9.17) is 37.9 Å². The Labute approximate surface area is 750 Å². The number of rotatable bonds is 79. The number of aromatic carboxylic acids is 1. The van der Waals surface area contributed by atoms with Crippen LogP contribution in [0.4, 0.5) is 0 Å². The van der Waals surface area contributed by atoms with Crippen LogP contribution in [-0.4, -0.2) is 63.9 Å². The average molecular weight is 1690 g/mol. The van der Waals surface area contributed by atoms with E-state index in [0.717, 1.165) is 157 Å². The zero-order chi connectivity index (χ0) is 86.7. The first-order chi connectivity index (χ1) is 60.8. The first kappa shape index (κ1) is 104. The molecule has 0 saturated heterocycles. The van der Waals surface area contributed by atoms with Crippen LogP contribution < -0.4 is 37.9 Å². The Morgan fingerprint density at radius 3 is 0.707 bits per heavy atom. The fourth-order valence-electron chi connectivity index (χ4n) is 15.7. The maximum atomic E-state index is 11.5. The molecular weight excluding hydrogens is 1520 g/mol. The molecule has 0 aliphatic heterocycles. The lowest BCUT2D eigenvalue weighted by atomic mass is 10.1. The van der Waals surface area contributed by atoms with Crippen LogP contribution in [-0.2, 0) is 0 Å². The topological polar surface area (TPSA) is 111 Å². The number of ether oxygens (including phenoxy) is 8. The van der Waals surface area contributed by atoms with Gasteiger partial charge < -0.3 is 43.0 Å². The summed E-state index contributed by atoms with van der Waals surface area (Å²) in [6.45, 7) is 14.7. The molecule has 0 aliphatic carbocycles. The van der Waals surface area contributed by atoms with Crippen molar-refractivity contribution in [3.8, 4) is 69.7 Å². The summed E-state index contributed by atoms with van der Waals surface area (Å²) in [6, 6.07) is 41.8. The van der Waals surface area contributed by atoms with E-state index in [1.807, 2.05) is 54.6 Å². The number of unbranched alkanes of at least 4 members (excludes halogenated alkanes) is 52. The lowest BCUT2D eigenvalue weighted by Gasteiger charge is -2.13. The van der Waals surface area contributed by atoms with E-state index in [2.05, 4.69) is 124 Å². The number of benzene rings is 6. The molecule has 0 atom stereocenters. The normalized spacial score (nSPS) is 11.2. The molecule has 1 N–H and O–H groups in total. The lowest BCUT2D eigenvalue weighted by Crippen LogP contribution is -2.03. The van der Waals surface area contributed by atoms with E-state index >= 15 is 0 Å². The summed E-state index contributed by atoms with van der Waals surface area (Å²) in [5, 5.41) is 9.42. The molecule has 6 aromatic rings. The Morgan fingerprint density at radius 2 is 0.439 bits per heavy atom. The van der Waals surface area contributed by atoms with Gasteiger partial charge in [-0.15, -0.1) is 0 Å². The van der Waals surface area contributed by atoms with Crippen molar-refractivity contribution < 1.29 is 47.8 Å². The Balaban J connectivity index is 0.810. The molecule has 0 saturated carbocycles. The van der Waals surface area contributed by atoms with Crippen molar-refractivity contribution in [3.05, 3.63) is 166 Å². The van der Waals surface area contributed by atoms with Gasteiger partial charge in [0.2, 0.25) is 0 Å². The van der Waals surface area contributed by atoms with Gasteiger partial charge in [0.15, 0.2) is 23.0 Å². The van der Waals surface area contributed by atoms with Gasteiger partial charge in [0.05, 0.1) is 58.4 Å². The van der Waals surface area contributed by atoms with Gasteiger partial charge in [-0.25, -0.2) is 4.79 Å². The molecule has 0 heterocycles. The molecule has 6 rings (SSSR count). The molecule has 123 heavy (non-hydrogen) atoms. The zero-order valence-electron chi connectivity index (χ0n) is 78.1. The van der Waals surface area contributed by atoms with Gasteiger partial charge in [-0.2, -0.15) is 0 Å². The second-order valence-electron chi connectivity index (χ2n) is 34.7. The van der Waals surface area contributed by atoms with Gasteiger partial charge in [0.25, 0.3) is 0 Å². The van der Waals surface area contributed by atoms with Crippen LogP contribution in [0.15, 0.2) is 127 Å². The SMILES string of the molecule is CCCCCCCCCCCCOc1ccc(C#Cc2ccc(OCCCCCCCCCCCOc3cc(/C=C/c4ccc(C(=O)O)cc4)cc(OCCCCCCCCCCCOc4ccc(C#Cc5ccc(OCCCCCCCCCCCC)c(OCCCCCCCCCCCC)c5)cc4)c3)cc2)cc1OCCCCCCCCCCCC. The monoisotopic (exact) mass is 1690 g/mol. The third kappa shape index (κ3) is 53.9. The number of carboxylic acid groups (broad SMARTS) is 1. The van der Waals surface area contributed by atoms with E-state index in [0.29, 0.717) is 39.6 Å². The van der Waals surface area contributed by atoms with Crippen molar-refractivity contribution in [2.24, 2.45) is 0 Å². The molecule has 10 heteroatoms. The molecule has 10 nitrogen and oxygen atoms in total. The van der Waals surface area contributed by atoms with Crippen molar-refractivity contribution in [1.82, 2.24) is 0 Å². The van der Waals surface area contributed by atoms with Crippen LogP contribution in [0.25, 0.3) is 12.2 Å². The molecule has 0 amide bonds. The molecule has 0 radical (unpaired) electrons. The molecule has 0 aromatic heterocycles. The van der Waals surface area contributed by atoms with Crippen molar-refractivity contribution in [2.75, 3.05) is 52.9 Å². The van der Waals surface area contributed by atoms with E-state index in [9.17, 15) is 9.90 Å². The first-order valence-electron chi connectivity index (χ1n) is 50.5. The fraction of sp³-hybridized carbons (Fsp3) is 0.619.